The van der Waals surface area contributed by atoms with Crippen LogP contribution >= 0.6 is 0 Å². The number of halogens is 1. The van der Waals surface area contributed by atoms with Crippen molar-refractivity contribution in [3.63, 3.8) is 0 Å². The highest BCUT2D eigenvalue weighted by atomic mass is 19.1. The first-order chi connectivity index (χ1) is 8.95. The largest absolute Gasteiger partial charge is 0.258 e. The van der Waals surface area contributed by atoms with Crippen LogP contribution in [0.5, 0.6) is 0 Å². The zero-order valence-corrected chi connectivity index (χ0v) is 13.0. The highest BCUT2D eigenvalue weighted by Gasteiger charge is 2.05. The molecule has 0 fully saturated rings. The first-order valence-corrected chi connectivity index (χ1v) is 6.96. The van der Waals surface area contributed by atoms with Gasteiger partial charge in [0.05, 0.1) is 5.70 Å². The molecule has 0 bridgehead atoms. The SMILES string of the molecule is C=C(N=C(C)C(C)CC)c1ccc(F)c(C)c1.CC. The van der Waals surface area contributed by atoms with Gasteiger partial charge in [-0.3, -0.25) is 4.99 Å². The first kappa shape index (κ1) is 17.6. The summed E-state index contributed by atoms with van der Waals surface area (Å²) in [5.41, 5.74) is 3.27. The van der Waals surface area contributed by atoms with Crippen molar-refractivity contribution in [2.45, 2.75) is 48.0 Å². The van der Waals surface area contributed by atoms with Crippen LogP contribution in [-0.4, -0.2) is 5.71 Å². The Morgan fingerprint density at radius 1 is 1.37 bits per heavy atom. The smallest absolute Gasteiger partial charge is 0.126 e. The summed E-state index contributed by atoms with van der Waals surface area (Å²) in [5, 5.41) is 0. The Balaban J connectivity index is 0.00000154. The number of rotatable bonds is 4. The standard InChI is InChI=1S/C15H20FN.C2H6/c1-6-10(2)12(4)17-13(5)14-7-8-15(16)11(3)9-14;1-2/h7-10H,5-6H2,1-4H3;1-2H3. The van der Waals surface area contributed by atoms with Crippen LogP contribution in [0.15, 0.2) is 29.8 Å². The number of aliphatic imine (C=N–C) groups is 1. The van der Waals surface area contributed by atoms with Crippen LogP contribution in [0, 0.1) is 18.7 Å². The molecule has 0 spiro atoms. The Hall–Kier alpha value is -1.44. The van der Waals surface area contributed by atoms with E-state index >= 15 is 0 Å². The van der Waals surface area contributed by atoms with Gasteiger partial charge < -0.3 is 0 Å². The zero-order chi connectivity index (χ0) is 15.0. The van der Waals surface area contributed by atoms with Gasteiger partial charge in [-0.2, -0.15) is 0 Å². The van der Waals surface area contributed by atoms with Crippen LogP contribution in [0.1, 0.15) is 52.2 Å². The van der Waals surface area contributed by atoms with Gasteiger partial charge in [-0.15, -0.1) is 0 Å². The van der Waals surface area contributed by atoms with Gasteiger partial charge in [0, 0.05) is 5.71 Å². The van der Waals surface area contributed by atoms with Crippen molar-refractivity contribution in [2.75, 3.05) is 0 Å². The van der Waals surface area contributed by atoms with Crippen LogP contribution in [0.3, 0.4) is 0 Å². The molecule has 1 atom stereocenters. The molecule has 0 N–H and O–H groups in total. The molecular formula is C17H26FN. The third-order valence-electron chi connectivity index (χ3n) is 3.13. The fourth-order valence-corrected chi connectivity index (χ4v) is 1.51. The first-order valence-electron chi connectivity index (χ1n) is 6.96. The quantitative estimate of drug-likeness (QED) is 0.623. The maximum Gasteiger partial charge on any atom is 0.126 e. The highest BCUT2D eigenvalue weighted by molar-refractivity contribution is 5.89. The van der Waals surface area contributed by atoms with Crippen molar-refractivity contribution < 1.29 is 4.39 Å². The molecule has 1 nitrogen and oxygen atoms in total. The van der Waals surface area contributed by atoms with Gasteiger partial charge in [0.25, 0.3) is 0 Å². The van der Waals surface area contributed by atoms with Gasteiger partial charge in [0.2, 0.25) is 0 Å². The maximum absolute atomic E-state index is 13.1. The van der Waals surface area contributed by atoms with Crippen LogP contribution < -0.4 is 0 Å². The third-order valence-corrected chi connectivity index (χ3v) is 3.13. The summed E-state index contributed by atoms with van der Waals surface area (Å²) in [4.78, 5) is 4.49. The molecule has 2 heteroatoms. The van der Waals surface area contributed by atoms with Crippen molar-refractivity contribution in [1.82, 2.24) is 0 Å². The lowest BCUT2D eigenvalue weighted by Gasteiger charge is -2.09. The Labute approximate surface area is 117 Å². The van der Waals surface area contributed by atoms with E-state index in [2.05, 4.69) is 25.4 Å². The number of benzene rings is 1. The summed E-state index contributed by atoms with van der Waals surface area (Å²) < 4.78 is 13.1. The second-order valence-corrected chi connectivity index (χ2v) is 4.47. The monoisotopic (exact) mass is 263 g/mol. The van der Waals surface area contributed by atoms with Crippen molar-refractivity contribution in [3.8, 4) is 0 Å². The van der Waals surface area contributed by atoms with E-state index in [0.717, 1.165) is 17.7 Å². The lowest BCUT2D eigenvalue weighted by molar-refractivity contribution is 0.618. The lowest BCUT2D eigenvalue weighted by atomic mass is 10.0. The summed E-state index contributed by atoms with van der Waals surface area (Å²) in [5.74, 6) is 0.262. The van der Waals surface area contributed by atoms with Crippen molar-refractivity contribution in [1.29, 1.82) is 0 Å². The van der Waals surface area contributed by atoms with Crippen molar-refractivity contribution >= 4 is 11.4 Å². The minimum absolute atomic E-state index is 0.191. The van der Waals surface area contributed by atoms with Gasteiger partial charge >= 0.3 is 0 Å². The predicted octanol–water partition coefficient (Wildman–Crippen LogP) is 5.64. The normalized spacial score (nSPS) is 12.5. The molecule has 106 valence electrons. The Kier molecular flexibility index (Phi) is 7.97. The van der Waals surface area contributed by atoms with E-state index in [1.807, 2.05) is 20.8 Å². The van der Waals surface area contributed by atoms with E-state index in [9.17, 15) is 4.39 Å². The molecule has 1 unspecified atom stereocenters. The van der Waals surface area contributed by atoms with E-state index in [1.54, 1.807) is 19.1 Å². The maximum atomic E-state index is 13.1. The number of hydrogen-bond donors (Lipinski definition) is 0. The van der Waals surface area contributed by atoms with E-state index in [-0.39, 0.29) is 5.82 Å². The molecule has 19 heavy (non-hydrogen) atoms. The minimum Gasteiger partial charge on any atom is -0.258 e. The molecule has 0 aliphatic rings. The predicted molar refractivity (Wildman–Crippen MR) is 84.1 cm³/mol. The number of aryl methyl sites for hydroxylation is 1. The Bertz CT molecular complexity index is 447. The highest BCUT2D eigenvalue weighted by Crippen LogP contribution is 2.19. The van der Waals surface area contributed by atoms with Gasteiger partial charge in [0.15, 0.2) is 0 Å². The van der Waals surface area contributed by atoms with E-state index in [1.165, 1.54) is 6.07 Å². The molecule has 0 aromatic heterocycles. The molecule has 0 heterocycles. The molecule has 0 saturated carbocycles. The van der Waals surface area contributed by atoms with E-state index in [0.29, 0.717) is 17.2 Å². The van der Waals surface area contributed by atoms with Crippen LogP contribution in [0.25, 0.3) is 5.70 Å². The van der Waals surface area contributed by atoms with E-state index in [4.69, 9.17) is 0 Å². The molecule has 1 rings (SSSR count). The molecule has 0 radical (unpaired) electrons. The van der Waals surface area contributed by atoms with Crippen molar-refractivity contribution in [2.24, 2.45) is 10.9 Å². The second kappa shape index (κ2) is 8.63. The summed E-state index contributed by atoms with van der Waals surface area (Å²) in [6.45, 7) is 16.0. The molecule has 1 aromatic rings. The summed E-state index contributed by atoms with van der Waals surface area (Å²) >= 11 is 0. The fraction of sp³-hybridized carbons (Fsp3) is 0.471. The summed E-state index contributed by atoms with van der Waals surface area (Å²) in [6.07, 6.45) is 1.06. The topological polar surface area (TPSA) is 12.4 Å². The van der Waals surface area contributed by atoms with Gasteiger partial charge in [-0.05, 0) is 55.5 Å². The zero-order valence-electron chi connectivity index (χ0n) is 13.0. The third kappa shape index (κ3) is 5.37. The Morgan fingerprint density at radius 3 is 2.42 bits per heavy atom. The molecule has 0 aliphatic carbocycles. The molecular weight excluding hydrogens is 237 g/mol. The fourth-order valence-electron chi connectivity index (χ4n) is 1.51. The molecule has 0 amide bonds. The summed E-state index contributed by atoms with van der Waals surface area (Å²) in [6, 6.07) is 4.97. The van der Waals surface area contributed by atoms with Gasteiger partial charge in [-0.1, -0.05) is 34.3 Å². The molecule has 1 aromatic carbocycles. The Morgan fingerprint density at radius 2 is 1.95 bits per heavy atom. The number of nitrogens with zero attached hydrogens (tertiary/aromatic N) is 1. The van der Waals surface area contributed by atoms with Gasteiger partial charge in [-0.25, -0.2) is 4.39 Å². The summed E-state index contributed by atoms with van der Waals surface area (Å²) in [7, 11) is 0. The minimum atomic E-state index is -0.191. The average Bonchev–Trinajstić information content (AvgIpc) is 2.42. The van der Waals surface area contributed by atoms with Crippen molar-refractivity contribution in [3.05, 3.63) is 41.7 Å². The van der Waals surface area contributed by atoms with Crippen LogP contribution in [0.4, 0.5) is 4.39 Å². The molecule has 0 saturated heterocycles. The van der Waals surface area contributed by atoms with Crippen LogP contribution in [0.2, 0.25) is 0 Å². The molecule has 0 aliphatic heterocycles. The van der Waals surface area contributed by atoms with E-state index < -0.39 is 0 Å². The average molecular weight is 263 g/mol. The van der Waals surface area contributed by atoms with Crippen LogP contribution in [-0.2, 0) is 0 Å². The second-order valence-electron chi connectivity index (χ2n) is 4.47. The van der Waals surface area contributed by atoms with Gasteiger partial charge in [0.1, 0.15) is 5.82 Å². The number of hydrogen-bond acceptors (Lipinski definition) is 1. The lowest BCUT2D eigenvalue weighted by Crippen LogP contribution is -2.05.